The third-order valence-electron chi connectivity index (χ3n) is 7.40. The summed E-state index contributed by atoms with van der Waals surface area (Å²) in [6.45, 7) is 5.32. The van der Waals surface area contributed by atoms with E-state index >= 15 is 0 Å². The Labute approximate surface area is 252 Å². The Morgan fingerprint density at radius 2 is 1.71 bits per heavy atom. The summed E-state index contributed by atoms with van der Waals surface area (Å²) in [4.78, 5) is 19.1. The zero-order valence-electron chi connectivity index (χ0n) is 23.8. The van der Waals surface area contributed by atoms with Crippen LogP contribution in [0, 0.1) is 6.92 Å². The lowest BCUT2D eigenvalue weighted by Gasteiger charge is -2.28. The number of likely N-dealkylation sites (tertiary alicyclic amines) is 1. The molecule has 1 aliphatic rings. The maximum atomic E-state index is 13.9. The Bertz CT molecular complexity index is 1410. The number of hydrogen-bond donors (Lipinski definition) is 0. The number of rotatable bonds is 14. The zero-order valence-corrected chi connectivity index (χ0v) is 26.2. The van der Waals surface area contributed by atoms with Gasteiger partial charge in [-0.1, -0.05) is 17.7 Å². The maximum Gasteiger partial charge on any atom is 0.243 e. The van der Waals surface area contributed by atoms with Gasteiger partial charge in [0.25, 0.3) is 0 Å². The summed E-state index contributed by atoms with van der Waals surface area (Å²) in [6, 6.07) is 13.9. The van der Waals surface area contributed by atoms with Gasteiger partial charge in [0.2, 0.25) is 15.9 Å². The van der Waals surface area contributed by atoms with Crippen molar-refractivity contribution < 1.29 is 22.7 Å². The van der Waals surface area contributed by atoms with E-state index in [0.717, 1.165) is 41.9 Å². The van der Waals surface area contributed by atoms with Gasteiger partial charge >= 0.3 is 0 Å². The highest BCUT2D eigenvalue weighted by Gasteiger charge is 2.29. The predicted molar refractivity (Wildman–Crippen MR) is 164 cm³/mol. The number of nitrogens with zero attached hydrogens (tertiary/aromatic N) is 3. The number of carbonyl (C=O) groups excluding carboxylic acids is 1. The van der Waals surface area contributed by atoms with E-state index in [1.54, 1.807) is 42.6 Å². The van der Waals surface area contributed by atoms with Crippen molar-refractivity contribution in [2.24, 2.45) is 0 Å². The molecular weight excluding hydrogens is 582 g/mol. The number of amides is 1. The lowest BCUT2D eigenvalue weighted by Crippen LogP contribution is -2.45. The van der Waals surface area contributed by atoms with Crippen LogP contribution in [0.1, 0.15) is 28.8 Å². The fourth-order valence-electron chi connectivity index (χ4n) is 4.88. The predicted octanol–water partition coefficient (Wildman–Crippen LogP) is 5.09. The van der Waals surface area contributed by atoms with Gasteiger partial charge in [-0.15, -0.1) is 11.3 Å². The van der Waals surface area contributed by atoms with Crippen molar-refractivity contribution >= 4 is 38.9 Å². The van der Waals surface area contributed by atoms with Crippen LogP contribution in [0.25, 0.3) is 0 Å². The number of aryl methyl sites for hydroxylation is 1. The SMILES string of the molecule is COc1ccc(CCN(Cc2sccc2C)C(=O)CN(CCN2CCCC2)S(=O)(=O)c2ccc(Cl)cc2)cc1OC. The van der Waals surface area contributed by atoms with Crippen molar-refractivity contribution in [1.29, 1.82) is 0 Å². The van der Waals surface area contributed by atoms with Crippen LogP contribution in [0.5, 0.6) is 11.5 Å². The van der Waals surface area contributed by atoms with Gasteiger partial charge < -0.3 is 19.3 Å². The number of carbonyl (C=O) groups is 1. The summed E-state index contributed by atoms with van der Waals surface area (Å²) in [5.41, 5.74) is 2.10. The molecule has 0 N–H and O–H groups in total. The summed E-state index contributed by atoms with van der Waals surface area (Å²) in [7, 11) is -0.735. The van der Waals surface area contributed by atoms with E-state index in [0.29, 0.717) is 42.6 Å². The van der Waals surface area contributed by atoms with E-state index in [2.05, 4.69) is 4.90 Å². The second kappa shape index (κ2) is 14.5. The third-order valence-corrected chi connectivity index (χ3v) is 10.5. The first kappa shape index (κ1) is 31.3. The number of thiophene rings is 1. The van der Waals surface area contributed by atoms with Crippen molar-refractivity contribution in [3.8, 4) is 11.5 Å². The van der Waals surface area contributed by atoms with E-state index in [4.69, 9.17) is 21.1 Å². The molecule has 0 bridgehead atoms. The summed E-state index contributed by atoms with van der Waals surface area (Å²) < 4.78 is 39.6. The molecule has 1 saturated heterocycles. The number of benzene rings is 2. The maximum absolute atomic E-state index is 13.9. The topological polar surface area (TPSA) is 79.4 Å². The molecule has 0 aliphatic carbocycles. The molecule has 0 radical (unpaired) electrons. The average Bonchev–Trinajstić information content (AvgIpc) is 3.64. The van der Waals surface area contributed by atoms with Crippen molar-refractivity contribution in [2.75, 3.05) is 53.5 Å². The Morgan fingerprint density at radius 1 is 1.00 bits per heavy atom. The number of hydrogen-bond acceptors (Lipinski definition) is 7. The van der Waals surface area contributed by atoms with E-state index in [1.165, 1.54) is 16.4 Å². The minimum Gasteiger partial charge on any atom is -0.493 e. The first-order valence-corrected chi connectivity index (χ1v) is 16.4. The van der Waals surface area contributed by atoms with Gasteiger partial charge in [-0.2, -0.15) is 4.31 Å². The van der Waals surface area contributed by atoms with Gasteiger partial charge in [0.15, 0.2) is 11.5 Å². The molecule has 11 heteroatoms. The number of halogens is 1. The summed E-state index contributed by atoms with van der Waals surface area (Å²) in [5.74, 6) is 1.02. The molecule has 2 aromatic carbocycles. The highest BCUT2D eigenvalue weighted by molar-refractivity contribution is 7.89. The van der Waals surface area contributed by atoms with Crippen LogP contribution in [0.4, 0.5) is 0 Å². The molecule has 1 aliphatic heterocycles. The Balaban J connectivity index is 1.56. The van der Waals surface area contributed by atoms with Gasteiger partial charge in [0, 0.05) is 29.5 Å². The molecule has 8 nitrogen and oxygen atoms in total. The number of ether oxygens (including phenoxy) is 2. The van der Waals surface area contributed by atoms with E-state index in [-0.39, 0.29) is 23.9 Å². The minimum atomic E-state index is -3.92. The highest BCUT2D eigenvalue weighted by Crippen LogP contribution is 2.28. The van der Waals surface area contributed by atoms with Gasteiger partial charge in [0.1, 0.15) is 0 Å². The normalized spacial score (nSPS) is 14.0. The fourth-order valence-corrected chi connectivity index (χ4v) is 7.31. The molecule has 1 fully saturated rings. The molecule has 4 rings (SSSR count). The number of sulfonamides is 1. The molecule has 0 spiro atoms. The fraction of sp³-hybridized carbons (Fsp3) is 0.433. The quantitative estimate of drug-likeness (QED) is 0.250. The van der Waals surface area contributed by atoms with Gasteiger partial charge in [-0.05, 0) is 98.2 Å². The van der Waals surface area contributed by atoms with E-state index in [9.17, 15) is 13.2 Å². The monoisotopic (exact) mass is 619 g/mol. The molecule has 3 aromatic rings. The van der Waals surface area contributed by atoms with Crippen LogP contribution < -0.4 is 9.47 Å². The third kappa shape index (κ3) is 8.23. The minimum absolute atomic E-state index is 0.127. The lowest BCUT2D eigenvalue weighted by atomic mass is 10.1. The van der Waals surface area contributed by atoms with Crippen molar-refractivity contribution in [1.82, 2.24) is 14.1 Å². The summed E-state index contributed by atoms with van der Waals surface area (Å²) in [5, 5.41) is 2.46. The first-order valence-electron chi connectivity index (χ1n) is 13.7. The second-order valence-corrected chi connectivity index (χ2v) is 13.5. The van der Waals surface area contributed by atoms with Crippen molar-refractivity contribution in [3.63, 3.8) is 0 Å². The molecule has 1 aromatic heterocycles. The van der Waals surface area contributed by atoms with Gasteiger partial charge in [-0.3, -0.25) is 4.79 Å². The highest BCUT2D eigenvalue weighted by atomic mass is 35.5. The van der Waals surface area contributed by atoms with E-state index < -0.39 is 10.0 Å². The molecule has 0 saturated carbocycles. The van der Waals surface area contributed by atoms with Gasteiger partial charge in [0.05, 0.1) is 32.2 Å². The van der Waals surface area contributed by atoms with Crippen LogP contribution >= 0.6 is 22.9 Å². The lowest BCUT2D eigenvalue weighted by molar-refractivity contribution is -0.132. The molecule has 0 atom stereocenters. The summed E-state index contributed by atoms with van der Waals surface area (Å²) >= 11 is 7.62. The van der Waals surface area contributed by atoms with Crippen LogP contribution in [-0.2, 0) is 27.8 Å². The summed E-state index contributed by atoms with van der Waals surface area (Å²) in [6.07, 6.45) is 2.79. The Morgan fingerprint density at radius 3 is 2.34 bits per heavy atom. The first-order chi connectivity index (χ1) is 19.7. The van der Waals surface area contributed by atoms with Crippen LogP contribution in [0.2, 0.25) is 5.02 Å². The standard InChI is InChI=1S/C30H38ClN3O5S2/c1-23-13-19-40-29(23)21-33(16-12-24-6-11-27(38-2)28(20-24)39-3)30(35)22-34(18-17-32-14-4-5-15-32)41(36,37)26-9-7-25(31)8-10-26/h6-11,13,19-20H,4-5,12,14-18,21-22H2,1-3H3. The van der Waals surface area contributed by atoms with Crippen LogP contribution in [0.15, 0.2) is 58.8 Å². The largest absolute Gasteiger partial charge is 0.493 e. The molecule has 1 amide bonds. The Kier molecular flexibility index (Phi) is 11.1. The van der Waals surface area contributed by atoms with Crippen LogP contribution in [0.3, 0.4) is 0 Å². The molecular formula is C30H38ClN3O5S2. The van der Waals surface area contributed by atoms with Crippen molar-refractivity contribution in [2.45, 2.75) is 37.6 Å². The van der Waals surface area contributed by atoms with Gasteiger partial charge in [-0.25, -0.2) is 8.42 Å². The van der Waals surface area contributed by atoms with Crippen LogP contribution in [-0.4, -0.2) is 81.9 Å². The average molecular weight is 620 g/mol. The molecule has 0 unspecified atom stereocenters. The smallest absolute Gasteiger partial charge is 0.243 e. The molecule has 41 heavy (non-hydrogen) atoms. The molecule has 222 valence electrons. The number of methoxy groups -OCH3 is 2. The Hall–Kier alpha value is -2.63. The second-order valence-electron chi connectivity index (χ2n) is 10.1. The van der Waals surface area contributed by atoms with Crippen molar-refractivity contribution in [3.05, 3.63) is 74.9 Å². The molecule has 2 heterocycles. The zero-order chi connectivity index (χ0) is 29.4. The van der Waals surface area contributed by atoms with E-state index in [1.807, 2.05) is 36.6 Å².